The molecule has 27 heavy (non-hydrogen) atoms. The first-order valence-corrected chi connectivity index (χ1v) is 12.9. The summed E-state index contributed by atoms with van der Waals surface area (Å²) in [7, 11) is -0.634. The summed E-state index contributed by atoms with van der Waals surface area (Å²) in [4.78, 5) is 25.1. The molecule has 3 rings (SSSR count). The summed E-state index contributed by atoms with van der Waals surface area (Å²) >= 11 is 0. The van der Waals surface area contributed by atoms with Crippen molar-refractivity contribution in [3.63, 3.8) is 0 Å². The summed E-state index contributed by atoms with van der Waals surface area (Å²) in [5.74, 6) is -3.13. The van der Waals surface area contributed by atoms with E-state index >= 15 is 0 Å². The Hall–Kier alpha value is -1.22. The molecule has 0 radical (unpaired) electrons. The number of hydrogen-bond donors (Lipinski definition) is 0. The third-order valence-corrected chi connectivity index (χ3v) is 6.25. The Labute approximate surface area is 161 Å². The van der Waals surface area contributed by atoms with Crippen molar-refractivity contribution in [3.8, 4) is 0 Å². The van der Waals surface area contributed by atoms with Crippen LogP contribution in [0.1, 0.15) is 13.8 Å². The van der Waals surface area contributed by atoms with Crippen molar-refractivity contribution in [2.45, 2.75) is 51.5 Å². The zero-order valence-corrected chi connectivity index (χ0v) is 17.9. The minimum Gasteiger partial charge on any atom is -0.469 e. The van der Waals surface area contributed by atoms with Crippen LogP contribution in [0.5, 0.6) is 0 Å². The molecular weight excluding hydrogens is 368 g/mol. The van der Waals surface area contributed by atoms with Crippen molar-refractivity contribution >= 4 is 20.3 Å². The molecule has 2 fully saturated rings. The van der Waals surface area contributed by atoms with Gasteiger partial charge in [-0.05, 0) is 33.5 Å². The van der Waals surface area contributed by atoms with Gasteiger partial charge < -0.3 is 23.4 Å². The zero-order valence-electron chi connectivity index (χ0n) is 16.9. The highest BCUT2D eigenvalue weighted by Gasteiger charge is 2.54. The lowest BCUT2D eigenvalue weighted by Gasteiger charge is -2.40. The fraction of sp³-hybridized carbons (Fsp3) is 0.789. The van der Waals surface area contributed by atoms with Crippen molar-refractivity contribution in [2.24, 2.45) is 23.7 Å². The van der Waals surface area contributed by atoms with Crippen LogP contribution in [0.15, 0.2) is 12.2 Å². The van der Waals surface area contributed by atoms with E-state index in [1.807, 2.05) is 26.0 Å². The number of rotatable bonds is 5. The second-order valence-electron chi connectivity index (χ2n) is 8.89. The molecule has 1 aliphatic carbocycles. The monoisotopic (exact) mass is 398 g/mol. The molecule has 0 amide bonds. The van der Waals surface area contributed by atoms with Gasteiger partial charge >= 0.3 is 11.9 Å². The highest BCUT2D eigenvalue weighted by molar-refractivity contribution is 6.69. The average molecular weight is 399 g/mol. The lowest BCUT2D eigenvalue weighted by Crippen LogP contribution is -2.51. The maximum absolute atomic E-state index is 12.7. The van der Waals surface area contributed by atoms with Gasteiger partial charge in [-0.2, -0.15) is 0 Å². The number of methoxy groups -OCH3 is 1. The van der Waals surface area contributed by atoms with Crippen molar-refractivity contribution in [1.29, 1.82) is 0 Å². The molecule has 0 aromatic heterocycles. The third-order valence-electron chi connectivity index (χ3n) is 5.27. The molecule has 0 unspecified atom stereocenters. The van der Waals surface area contributed by atoms with Gasteiger partial charge in [-0.3, -0.25) is 9.59 Å². The summed E-state index contributed by atoms with van der Waals surface area (Å²) < 4.78 is 28.6. The number of carbonyl (C=O) groups excluding carboxylic acids is 2. The third kappa shape index (κ3) is 4.28. The van der Waals surface area contributed by atoms with E-state index in [0.29, 0.717) is 13.2 Å². The molecule has 2 aliphatic heterocycles. The molecule has 0 bridgehead atoms. The Bertz CT molecular complexity index is 624. The largest absolute Gasteiger partial charge is 0.469 e. The Morgan fingerprint density at radius 3 is 2.52 bits per heavy atom. The molecule has 8 heteroatoms. The van der Waals surface area contributed by atoms with Crippen molar-refractivity contribution in [3.05, 3.63) is 12.2 Å². The van der Waals surface area contributed by atoms with Crippen LogP contribution in [0.2, 0.25) is 19.6 Å². The number of cyclic esters (lactones) is 1. The van der Waals surface area contributed by atoms with Gasteiger partial charge in [-0.25, -0.2) is 0 Å². The minimum atomic E-state index is -1.98. The van der Waals surface area contributed by atoms with Crippen LogP contribution >= 0.6 is 0 Å². The zero-order chi connectivity index (χ0) is 20.0. The first-order chi connectivity index (χ1) is 12.5. The van der Waals surface area contributed by atoms with Crippen LogP contribution in [0.25, 0.3) is 0 Å². The van der Waals surface area contributed by atoms with Crippen molar-refractivity contribution < 1.29 is 33.0 Å². The Kier molecular flexibility index (Phi) is 5.55. The van der Waals surface area contributed by atoms with E-state index in [2.05, 4.69) is 19.6 Å². The molecule has 152 valence electrons. The standard InChI is InChI=1S/C19H30O7Si/c1-19(2)24-10-13(25-19)16(26-27(4,5)6)12-8-7-11-9-23-18(21)14(11)15(12)17(20)22-3/h7-8,11-16H,9-10H2,1-6H3/t11-,12-,13+,14-,15+,16+/m1/s1. The van der Waals surface area contributed by atoms with E-state index in [9.17, 15) is 9.59 Å². The highest BCUT2D eigenvalue weighted by atomic mass is 28.4. The predicted octanol–water partition coefficient (Wildman–Crippen LogP) is 2.12. The Balaban J connectivity index is 1.97. The van der Waals surface area contributed by atoms with E-state index < -0.39 is 38.0 Å². The van der Waals surface area contributed by atoms with Gasteiger partial charge in [0.05, 0.1) is 38.3 Å². The highest BCUT2D eigenvalue weighted by Crippen LogP contribution is 2.44. The maximum Gasteiger partial charge on any atom is 0.310 e. The number of hydrogen-bond acceptors (Lipinski definition) is 7. The van der Waals surface area contributed by atoms with Crippen molar-refractivity contribution in [2.75, 3.05) is 20.3 Å². The molecule has 0 aromatic rings. The lowest BCUT2D eigenvalue weighted by molar-refractivity contribution is -0.165. The van der Waals surface area contributed by atoms with E-state index in [4.69, 9.17) is 23.4 Å². The van der Waals surface area contributed by atoms with Crippen LogP contribution in [0, 0.1) is 23.7 Å². The minimum absolute atomic E-state index is 0.109. The second-order valence-corrected chi connectivity index (χ2v) is 13.4. The summed E-state index contributed by atoms with van der Waals surface area (Å²) in [5, 5.41) is 0. The van der Waals surface area contributed by atoms with Gasteiger partial charge in [0.25, 0.3) is 0 Å². The summed E-state index contributed by atoms with van der Waals surface area (Å²) in [5.41, 5.74) is 0. The quantitative estimate of drug-likeness (QED) is 0.399. The first-order valence-electron chi connectivity index (χ1n) is 9.45. The molecule has 2 heterocycles. The average Bonchev–Trinajstić information content (AvgIpc) is 3.13. The van der Waals surface area contributed by atoms with Crippen LogP contribution in [-0.4, -0.2) is 58.6 Å². The van der Waals surface area contributed by atoms with Gasteiger partial charge in [-0.15, -0.1) is 0 Å². The maximum atomic E-state index is 12.7. The molecule has 0 spiro atoms. The van der Waals surface area contributed by atoms with Gasteiger partial charge in [0.2, 0.25) is 0 Å². The smallest absolute Gasteiger partial charge is 0.310 e. The normalized spacial score (nSPS) is 36.2. The molecule has 6 atom stereocenters. The van der Waals surface area contributed by atoms with E-state index in [1.54, 1.807) is 0 Å². The number of fused-ring (bicyclic) bond motifs is 1. The van der Waals surface area contributed by atoms with E-state index in [-0.39, 0.29) is 23.9 Å². The molecule has 3 aliphatic rings. The number of esters is 2. The summed E-state index contributed by atoms with van der Waals surface area (Å²) in [6.45, 7) is 10.7. The summed E-state index contributed by atoms with van der Waals surface area (Å²) in [6.07, 6.45) is 3.21. The molecule has 7 nitrogen and oxygen atoms in total. The lowest BCUT2D eigenvalue weighted by atomic mass is 9.69. The van der Waals surface area contributed by atoms with Crippen LogP contribution in [0.3, 0.4) is 0 Å². The Morgan fingerprint density at radius 1 is 1.26 bits per heavy atom. The molecule has 0 aromatic carbocycles. The van der Waals surface area contributed by atoms with E-state index in [1.165, 1.54) is 7.11 Å². The fourth-order valence-electron chi connectivity index (χ4n) is 4.21. The van der Waals surface area contributed by atoms with Gasteiger partial charge in [0.1, 0.15) is 6.10 Å². The Morgan fingerprint density at radius 2 is 1.96 bits per heavy atom. The van der Waals surface area contributed by atoms with E-state index in [0.717, 1.165) is 0 Å². The predicted molar refractivity (Wildman–Crippen MR) is 99.2 cm³/mol. The SMILES string of the molecule is COC(=O)[C@H]1[C@H]([C@H](O[Si](C)(C)C)[C@@H]2COC(C)(C)O2)C=C[C@@H]2COC(=O)[C@@H]12. The molecular formula is C19H30O7Si. The van der Waals surface area contributed by atoms with Crippen LogP contribution in [-0.2, 0) is 33.0 Å². The molecule has 0 N–H and O–H groups in total. The van der Waals surface area contributed by atoms with Crippen LogP contribution in [0.4, 0.5) is 0 Å². The topological polar surface area (TPSA) is 80.3 Å². The van der Waals surface area contributed by atoms with Gasteiger partial charge in [0.15, 0.2) is 14.1 Å². The van der Waals surface area contributed by atoms with Gasteiger partial charge in [-0.1, -0.05) is 12.2 Å². The second kappa shape index (κ2) is 7.31. The number of carbonyl (C=O) groups is 2. The van der Waals surface area contributed by atoms with Gasteiger partial charge in [0, 0.05) is 11.8 Å². The fourth-order valence-corrected chi connectivity index (χ4v) is 5.34. The van der Waals surface area contributed by atoms with Crippen molar-refractivity contribution in [1.82, 2.24) is 0 Å². The van der Waals surface area contributed by atoms with Crippen LogP contribution < -0.4 is 0 Å². The number of ether oxygens (including phenoxy) is 4. The molecule has 2 saturated heterocycles. The molecule has 0 saturated carbocycles. The first kappa shape index (κ1) is 20.5. The summed E-state index contributed by atoms with van der Waals surface area (Å²) in [6, 6.07) is 0.